The quantitative estimate of drug-likeness (QED) is 0.299. The van der Waals surface area contributed by atoms with Crippen LogP contribution in [0.1, 0.15) is 6.92 Å². The first-order chi connectivity index (χ1) is 6.50. The lowest BCUT2D eigenvalue weighted by molar-refractivity contribution is -0.384. The average Bonchev–Trinajstić information content (AvgIpc) is 2.07. The smallest absolute Gasteiger partial charge is 0.270 e. The minimum Gasteiger partial charge on any atom is -0.387 e. The van der Waals surface area contributed by atoms with Crippen molar-refractivity contribution in [1.82, 2.24) is 0 Å². The first-order valence-electron chi connectivity index (χ1n) is 3.75. The summed E-state index contributed by atoms with van der Waals surface area (Å²) in [5.41, 5.74) is 6.11. The molecule has 0 saturated carbocycles. The molecule has 74 valence electrons. The summed E-state index contributed by atoms with van der Waals surface area (Å²) in [7, 11) is 0. The first-order valence-corrected chi connectivity index (χ1v) is 4.83. The van der Waals surface area contributed by atoms with Crippen molar-refractivity contribution in [3.8, 4) is 0 Å². The maximum atomic E-state index is 10.4. The summed E-state index contributed by atoms with van der Waals surface area (Å²) in [6, 6.07) is 4.45. The van der Waals surface area contributed by atoms with E-state index in [0.717, 1.165) is 0 Å². The maximum Gasteiger partial charge on any atom is 0.270 e. The van der Waals surface area contributed by atoms with Crippen LogP contribution in [-0.2, 0) is 0 Å². The molecule has 14 heavy (non-hydrogen) atoms. The lowest BCUT2D eigenvalue weighted by Crippen LogP contribution is -2.04. The molecule has 6 heteroatoms. The Morgan fingerprint density at radius 3 is 2.71 bits per heavy atom. The Kier molecular flexibility index (Phi) is 3.39. The highest BCUT2D eigenvalue weighted by Gasteiger charge is 2.07. The molecule has 5 nitrogen and oxygen atoms in total. The zero-order chi connectivity index (χ0) is 10.7. The lowest BCUT2D eigenvalue weighted by Gasteiger charge is -1.98. The third kappa shape index (κ3) is 2.66. The second kappa shape index (κ2) is 4.36. The molecule has 1 aromatic rings. The van der Waals surface area contributed by atoms with E-state index in [9.17, 15) is 10.1 Å². The molecule has 0 radical (unpaired) electrons. The van der Waals surface area contributed by atoms with Gasteiger partial charge in [-0.15, -0.1) is 0 Å². The summed E-state index contributed by atoms with van der Waals surface area (Å²) in [5.74, 6) is 0.428. The maximum absolute atomic E-state index is 10.4. The fourth-order valence-corrected chi connectivity index (χ4v) is 1.51. The van der Waals surface area contributed by atoms with E-state index in [4.69, 9.17) is 5.73 Å². The number of hydrogen-bond donors (Lipinski definition) is 1. The Morgan fingerprint density at radius 1 is 1.64 bits per heavy atom. The van der Waals surface area contributed by atoms with Crippen LogP contribution in [0.25, 0.3) is 0 Å². The molecule has 0 bridgehead atoms. The van der Waals surface area contributed by atoms with Crippen molar-refractivity contribution in [2.75, 3.05) is 0 Å². The average molecular weight is 305 g/mol. The van der Waals surface area contributed by atoms with Crippen LogP contribution >= 0.6 is 22.6 Å². The van der Waals surface area contributed by atoms with E-state index in [0.29, 0.717) is 15.1 Å². The Balaban J connectivity index is 3.14. The molecule has 1 aromatic carbocycles. The van der Waals surface area contributed by atoms with Crippen molar-refractivity contribution in [2.24, 2.45) is 10.7 Å². The lowest BCUT2D eigenvalue weighted by atomic mass is 10.3. The molecule has 1 rings (SSSR count). The highest BCUT2D eigenvalue weighted by molar-refractivity contribution is 14.1. The van der Waals surface area contributed by atoms with Crippen LogP contribution in [-0.4, -0.2) is 10.8 Å². The Hall–Kier alpha value is -1.18. The number of rotatable bonds is 2. The predicted octanol–water partition coefficient (Wildman–Crippen LogP) is 2.21. The molecule has 0 spiro atoms. The summed E-state index contributed by atoms with van der Waals surface area (Å²) in [6.45, 7) is 1.66. The van der Waals surface area contributed by atoms with Crippen molar-refractivity contribution in [3.05, 3.63) is 31.9 Å². The molecule has 0 aliphatic heterocycles. The van der Waals surface area contributed by atoms with Crippen LogP contribution in [0.3, 0.4) is 0 Å². The van der Waals surface area contributed by atoms with E-state index in [2.05, 4.69) is 4.99 Å². The number of non-ortho nitro benzene ring substituents is 1. The summed E-state index contributed by atoms with van der Waals surface area (Å²) in [6.07, 6.45) is 0. The summed E-state index contributed by atoms with van der Waals surface area (Å²) in [4.78, 5) is 14.0. The number of nitro benzene ring substituents is 1. The number of halogens is 1. The Morgan fingerprint density at radius 2 is 2.29 bits per heavy atom. The van der Waals surface area contributed by atoms with Gasteiger partial charge in [-0.05, 0) is 35.6 Å². The van der Waals surface area contributed by atoms with Gasteiger partial charge in [0, 0.05) is 15.7 Å². The van der Waals surface area contributed by atoms with Crippen LogP contribution < -0.4 is 5.73 Å². The molecule has 0 amide bonds. The van der Waals surface area contributed by atoms with Gasteiger partial charge < -0.3 is 5.73 Å². The van der Waals surface area contributed by atoms with E-state index in [-0.39, 0.29) is 5.69 Å². The number of nitrogens with two attached hydrogens (primary N) is 1. The first kappa shape index (κ1) is 10.9. The molecule has 0 unspecified atom stereocenters. The second-order valence-corrected chi connectivity index (χ2v) is 3.81. The number of aliphatic imine (C=N–C) groups is 1. The molecular weight excluding hydrogens is 297 g/mol. The van der Waals surface area contributed by atoms with Crippen molar-refractivity contribution < 1.29 is 4.92 Å². The number of amidine groups is 1. The number of benzene rings is 1. The molecular formula is C8H8IN3O2. The van der Waals surface area contributed by atoms with Gasteiger partial charge in [0.2, 0.25) is 0 Å². The van der Waals surface area contributed by atoms with Gasteiger partial charge in [0.05, 0.1) is 16.4 Å². The zero-order valence-corrected chi connectivity index (χ0v) is 9.56. The summed E-state index contributed by atoms with van der Waals surface area (Å²) >= 11 is 1.99. The molecule has 0 aliphatic rings. The monoisotopic (exact) mass is 305 g/mol. The number of hydrogen-bond acceptors (Lipinski definition) is 3. The van der Waals surface area contributed by atoms with E-state index in [1.54, 1.807) is 13.0 Å². The molecule has 0 saturated heterocycles. The molecule has 2 N–H and O–H groups in total. The molecule has 0 aromatic heterocycles. The topological polar surface area (TPSA) is 81.5 Å². The van der Waals surface area contributed by atoms with Crippen molar-refractivity contribution in [2.45, 2.75) is 6.92 Å². The Bertz CT molecular complexity index is 400. The van der Waals surface area contributed by atoms with Gasteiger partial charge in [-0.3, -0.25) is 10.1 Å². The van der Waals surface area contributed by atoms with Crippen molar-refractivity contribution in [3.63, 3.8) is 0 Å². The van der Waals surface area contributed by atoms with Crippen LogP contribution in [0.4, 0.5) is 11.4 Å². The minimum absolute atomic E-state index is 0.0584. The SMILES string of the molecule is CC(N)=Nc1ccc([N+](=O)[O-])cc1I. The van der Waals surface area contributed by atoms with E-state index >= 15 is 0 Å². The standard InChI is InChI=1S/C8H8IN3O2/c1-5(10)11-8-3-2-6(12(13)14)4-7(8)9/h2-4H,1H3,(H2,10,11). The molecule has 0 fully saturated rings. The molecule has 0 heterocycles. The van der Waals surface area contributed by atoms with Gasteiger partial charge in [0.25, 0.3) is 5.69 Å². The van der Waals surface area contributed by atoms with Crippen LogP contribution in [0.15, 0.2) is 23.2 Å². The van der Waals surface area contributed by atoms with Gasteiger partial charge in [0.15, 0.2) is 0 Å². The normalized spacial score (nSPS) is 11.4. The van der Waals surface area contributed by atoms with Gasteiger partial charge in [-0.2, -0.15) is 0 Å². The summed E-state index contributed by atoms with van der Waals surface area (Å²) < 4.78 is 0.710. The number of nitro groups is 1. The predicted molar refractivity (Wildman–Crippen MR) is 62.8 cm³/mol. The zero-order valence-electron chi connectivity index (χ0n) is 7.40. The highest BCUT2D eigenvalue weighted by atomic mass is 127. The molecule has 0 aliphatic carbocycles. The minimum atomic E-state index is -0.440. The number of nitrogens with zero attached hydrogens (tertiary/aromatic N) is 2. The third-order valence-electron chi connectivity index (χ3n) is 1.44. The van der Waals surface area contributed by atoms with Crippen LogP contribution in [0, 0.1) is 13.7 Å². The van der Waals surface area contributed by atoms with Crippen molar-refractivity contribution >= 4 is 39.8 Å². The second-order valence-electron chi connectivity index (χ2n) is 2.65. The Labute approximate surface area is 94.3 Å². The van der Waals surface area contributed by atoms with Crippen LogP contribution in [0.5, 0.6) is 0 Å². The van der Waals surface area contributed by atoms with Crippen LogP contribution in [0.2, 0.25) is 0 Å². The van der Waals surface area contributed by atoms with E-state index in [1.807, 2.05) is 22.6 Å². The van der Waals surface area contributed by atoms with Gasteiger partial charge in [-0.25, -0.2) is 4.99 Å². The molecule has 0 atom stereocenters. The third-order valence-corrected chi connectivity index (χ3v) is 2.30. The van der Waals surface area contributed by atoms with Gasteiger partial charge in [-0.1, -0.05) is 0 Å². The van der Waals surface area contributed by atoms with Gasteiger partial charge >= 0.3 is 0 Å². The van der Waals surface area contributed by atoms with E-state index < -0.39 is 4.92 Å². The van der Waals surface area contributed by atoms with Gasteiger partial charge in [0.1, 0.15) is 0 Å². The highest BCUT2D eigenvalue weighted by Crippen LogP contribution is 2.25. The largest absolute Gasteiger partial charge is 0.387 e. The summed E-state index contributed by atoms with van der Waals surface area (Å²) in [5, 5.41) is 10.4. The van der Waals surface area contributed by atoms with Crippen molar-refractivity contribution in [1.29, 1.82) is 0 Å². The fraction of sp³-hybridized carbons (Fsp3) is 0.125. The van der Waals surface area contributed by atoms with E-state index in [1.165, 1.54) is 12.1 Å². The fourth-order valence-electron chi connectivity index (χ4n) is 0.890.